The van der Waals surface area contributed by atoms with Crippen LogP contribution in [-0.4, -0.2) is 38.9 Å². The summed E-state index contributed by atoms with van der Waals surface area (Å²) in [5.41, 5.74) is -0.309. The summed E-state index contributed by atoms with van der Waals surface area (Å²) in [6.45, 7) is 9.60. The van der Waals surface area contributed by atoms with Crippen molar-refractivity contribution in [1.29, 1.82) is 0 Å². The molecule has 1 fully saturated rings. The molecule has 0 spiro atoms. The van der Waals surface area contributed by atoms with Crippen LogP contribution in [0.3, 0.4) is 0 Å². The third kappa shape index (κ3) is 4.58. The lowest BCUT2D eigenvalue weighted by Gasteiger charge is -2.34. The molecule has 0 aromatic carbocycles. The lowest BCUT2D eigenvalue weighted by atomic mass is 9.78. The lowest BCUT2D eigenvalue weighted by Crippen LogP contribution is -2.46. The zero-order valence-corrected chi connectivity index (χ0v) is 12.0. The highest BCUT2D eigenvalue weighted by Gasteiger charge is 2.39. The van der Waals surface area contributed by atoms with Gasteiger partial charge in [0, 0.05) is 13.2 Å². The van der Waals surface area contributed by atoms with Crippen molar-refractivity contribution in [2.24, 2.45) is 11.3 Å². The summed E-state index contributed by atoms with van der Waals surface area (Å²) in [6.07, 6.45) is 2.82. The molecular weight excluding hydrogens is 230 g/mol. The average molecular weight is 257 g/mol. The summed E-state index contributed by atoms with van der Waals surface area (Å²) < 4.78 is 10.8. The van der Waals surface area contributed by atoms with Gasteiger partial charge in [-0.05, 0) is 31.7 Å². The molecule has 1 heterocycles. The predicted molar refractivity (Wildman–Crippen MR) is 71.4 cm³/mol. The van der Waals surface area contributed by atoms with Crippen molar-refractivity contribution >= 4 is 5.97 Å². The van der Waals surface area contributed by atoms with Crippen molar-refractivity contribution in [2.75, 3.05) is 32.9 Å². The van der Waals surface area contributed by atoms with E-state index in [1.807, 2.05) is 0 Å². The van der Waals surface area contributed by atoms with Gasteiger partial charge in [-0.3, -0.25) is 4.79 Å². The van der Waals surface area contributed by atoms with E-state index in [1.165, 1.54) is 0 Å². The molecule has 0 radical (unpaired) electrons. The van der Waals surface area contributed by atoms with Crippen LogP contribution in [0.4, 0.5) is 0 Å². The van der Waals surface area contributed by atoms with Crippen molar-refractivity contribution in [1.82, 2.24) is 5.32 Å². The largest absolute Gasteiger partial charge is 0.463 e. The molecule has 1 atom stereocenters. The zero-order chi connectivity index (χ0) is 13.4. The summed E-state index contributed by atoms with van der Waals surface area (Å²) in [4.78, 5) is 12.1. The summed E-state index contributed by atoms with van der Waals surface area (Å²) in [7, 11) is 0. The highest BCUT2D eigenvalue weighted by molar-refractivity contribution is 5.77. The monoisotopic (exact) mass is 257 g/mol. The first-order valence-corrected chi connectivity index (χ1v) is 7.06. The second kappa shape index (κ2) is 7.74. The van der Waals surface area contributed by atoms with Crippen molar-refractivity contribution < 1.29 is 14.3 Å². The summed E-state index contributed by atoms with van der Waals surface area (Å²) in [5.74, 6) is 0.454. The van der Waals surface area contributed by atoms with Crippen LogP contribution < -0.4 is 5.32 Å². The van der Waals surface area contributed by atoms with Crippen molar-refractivity contribution in [3.63, 3.8) is 0 Å². The van der Waals surface area contributed by atoms with Gasteiger partial charge in [-0.2, -0.15) is 0 Å². The molecule has 0 aliphatic carbocycles. The number of carbonyl (C=O) groups excluding carboxylic acids is 1. The van der Waals surface area contributed by atoms with Gasteiger partial charge in [-0.1, -0.05) is 20.8 Å². The molecule has 18 heavy (non-hydrogen) atoms. The molecule has 106 valence electrons. The molecule has 1 unspecified atom stereocenters. The Labute approximate surface area is 110 Å². The van der Waals surface area contributed by atoms with E-state index in [0.717, 1.165) is 39.0 Å². The first-order valence-electron chi connectivity index (χ1n) is 7.06. The minimum atomic E-state index is -0.309. The van der Waals surface area contributed by atoms with Crippen LogP contribution in [0.2, 0.25) is 0 Å². The van der Waals surface area contributed by atoms with E-state index in [2.05, 4.69) is 26.1 Å². The van der Waals surface area contributed by atoms with Gasteiger partial charge in [0.2, 0.25) is 0 Å². The number of hydrogen-bond acceptors (Lipinski definition) is 4. The molecule has 0 aromatic rings. The average Bonchev–Trinajstić information content (AvgIpc) is 2.38. The number of piperidine rings is 1. The van der Waals surface area contributed by atoms with E-state index in [1.54, 1.807) is 0 Å². The number of carbonyl (C=O) groups is 1. The quantitative estimate of drug-likeness (QED) is 0.559. The smallest absolute Gasteiger partial charge is 0.313 e. The first kappa shape index (κ1) is 15.4. The molecule has 0 bridgehead atoms. The maximum atomic E-state index is 12.1. The maximum Gasteiger partial charge on any atom is 0.313 e. The standard InChI is InChI=1S/C14H27NO3/c1-4-14(6-5-7-15-11-14)13(16)18-9-8-17-10-12(2)3/h12,15H,4-11H2,1-3H3. The van der Waals surface area contributed by atoms with Gasteiger partial charge in [0.05, 0.1) is 12.0 Å². The van der Waals surface area contributed by atoms with Gasteiger partial charge in [-0.25, -0.2) is 0 Å². The number of esters is 1. The summed E-state index contributed by atoms with van der Waals surface area (Å²) in [5, 5.41) is 3.29. The van der Waals surface area contributed by atoms with Gasteiger partial charge in [0.25, 0.3) is 0 Å². The first-order chi connectivity index (χ1) is 8.60. The minimum Gasteiger partial charge on any atom is -0.463 e. The fourth-order valence-electron chi connectivity index (χ4n) is 2.25. The Morgan fingerprint density at radius 2 is 2.17 bits per heavy atom. The van der Waals surface area contributed by atoms with Crippen LogP contribution in [0.25, 0.3) is 0 Å². The van der Waals surface area contributed by atoms with E-state index < -0.39 is 0 Å². The number of nitrogens with one attached hydrogen (secondary N) is 1. The van der Waals surface area contributed by atoms with Gasteiger partial charge in [-0.15, -0.1) is 0 Å². The maximum absolute atomic E-state index is 12.1. The SMILES string of the molecule is CCC1(C(=O)OCCOCC(C)C)CCCNC1. The van der Waals surface area contributed by atoms with Crippen LogP contribution >= 0.6 is 0 Å². The molecule has 1 aliphatic rings. The molecule has 1 N–H and O–H groups in total. The predicted octanol–water partition coefficient (Wildman–Crippen LogP) is 1.98. The topological polar surface area (TPSA) is 47.6 Å². The van der Waals surface area contributed by atoms with Crippen LogP contribution in [-0.2, 0) is 14.3 Å². The summed E-state index contributed by atoms with van der Waals surface area (Å²) in [6, 6.07) is 0. The lowest BCUT2D eigenvalue weighted by molar-refractivity contribution is -0.159. The fraction of sp³-hybridized carbons (Fsp3) is 0.929. The molecule has 4 nitrogen and oxygen atoms in total. The Morgan fingerprint density at radius 1 is 1.39 bits per heavy atom. The number of rotatable bonds is 7. The molecule has 0 amide bonds. The third-order valence-corrected chi connectivity index (χ3v) is 3.49. The molecule has 1 saturated heterocycles. The Bertz CT molecular complexity index is 247. The fourth-order valence-corrected chi connectivity index (χ4v) is 2.25. The van der Waals surface area contributed by atoms with Gasteiger partial charge >= 0.3 is 5.97 Å². The minimum absolute atomic E-state index is 0.0645. The second-order valence-corrected chi connectivity index (χ2v) is 5.52. The van der Waals surface area contributed by atoms with Crippen molar-refractivity contribution in [3.8, 4) is 0 Å². The van der Waals surface area contributed by atoms with Crippen LogP contribution in [0.1, 0.15) is 40.0 Å². The van der Waals surface area contributed by atoms with E-state index >= 15 is 0 Å². The third-order valence-electron chi connectivity index (χ3n) is 3.49. The van der Waals surface area contributed by atoms with E-state index in [-0.39, 0.29) is 11.4 Å². The van der Waals surface area contributed by atoms with Gasteiger partial charge in [0.15, 0.2) is 0 Å². The highest BCUT2D eigenvalue weighted by atomic mass is 16.6. The van der Waals surface area contributed by atoms with E-state index in [0.29, 0.717) is 19.1 Å². The van der Waals surface area contributed by atoms with Crippen LogP contribution in [0, 0.1) is 11.3 Å². The molecule has 1 aliphatic heterocycles. The Hall–Kier alpha value is -0.610. The normalized spacial score (nSPS) is 24.2. The van der Waals surface area contributed by atoms with Crippen molar-refractivity contribution in [3.05, 3.63) is 0 Å². The Balaban J connectivity index is 2.25. The number of ether oxygens (including phenoxy) is 2. The Kier molecular flexibility index (Phi) is 6.65. The van der Waals surface area contributed by atoms with Crippen molar-refractivity contribution in [2.45, 2.75) is 40.0 Å². The molecule has 0 saturated carbocycles. The van der Waals surface area contributed by atoms with Gasteiger partial charge in [0.1, 0.15) is 6.61 Å². The molecule has 1 rings (SSSR count). The second-order valence-electron chi connectivity index (χ2n) is 5.52. The number of hydrogen-bond donors (Lipinski definition) is 1. The molecule has 0 aromatic heterocycles. The van der Waals surface area contributed by atoms with E-state index in [9.17, 15) is 4.79 Å². The molecular formula is C14H27NO3. The van der Waals surface area contributed by atoms with Crippen LogP contribution in [0.15, 0.2) is 0 Å². The summed E-state index contributed by atoms with van der Waals surface area (Å²) >= 11 is 0. The molecule has 4 heteroatoms. The zero-order valence-electron chi connectivity index (χ0n) is 12.0. The Morgan fingerprint density at radius 3 is 2.72 bits per heavy atom. The van der Waals surface area contributed by atoms with Gasteiger partial charge < -0.3 is 14.8 Å². The van der Waals surface area contributed by atoms with Crippen LogP contribution in [0.5, 0.6) is 0 Å². The van der Waals surface area contributed by atoms with E-state index in [4.69, 9.17) is 9.47 Å². The highest BCUT2D eigenvalue weighted by Crippen LogP contribution is 2.31.